The van der Waals surface area contributed by atoms with Gasteiger partial charge in [-0.2, -0.15) is 0 Å². The van der Waals surface area contributed by atoms with Crippen LogP contribution in [-0.2, 0) is 6.54 Å². The van der Waals surface area contributed by atoms with Crippen molar-refractivity contribution in [2.45, 2.75) is 13.5 Å². The second kappa shape index (κ2) is 7.20. The van der Waals surface area contributed by atoms with Crippen LogP contribution >= 0.6 is 0 Å². The van der Waals surface area contributed by atoms with Crippen molar-refractivity contribution in [1.82, 2.24) is 4.90 Å². The second-order valence-corrected chi connectivity index (χ2v) is 6.55. The number of rotatable bonds is 5. The Morgan fingerprint density at radius 1 is 1.15 bits per heavy atom. The molecule has 0 amide bonds. The first-order chi connectivity index (χ1) is 12.8. The maximum absolute atomic E-state index is 12.9. The van der Waals surface area contributed by atoms with Crippen molar-refractivity contribution in [3.05, 3.63) is 67.9 Å². The van der Waals surface area contributed by atoms with Crippen molar-refractivity contribution in [3.63, 3.8) is 0 Å². The van der Waals surface area contributed by atoms with E-state index in [1.54, 1.807) is 38.3 Å². The van der Waals surface area contributed by atoms with Gasteiger partial charge < -0.3 is 14.1 Å². The lowest BCUT2D eigenvalue weighted by Gasteiger charge is -2.16. The van der Waals surface area contributed by atoms with E-state index in [-0.39, 0.29) is 11.1 Å². The van der Waals surface area contributed by atoms with Crippen molar-refractivity contribution >= 4 is 16.7 Å². The molecule has 1 aromatic heterocycles. The summed E-state index contributed by atoms with van der Waals surface area (Å²) in [5.74, 6) is 1.04. The van der Waals surface area contributed by atoms with E-state index in [0.29, 0.717) is 40.2 Å². The second-order valence-electron chi connectivity index (χ2n) is 6.55. The van der Waals surface area contributed by atoms with E-state index in [1.165, 1.54) is 12.1 Å². The normalized spacial score (nSPS) is 11.1. The molecule has 0 aliphatic heterocycles. The van der Waals surface area contributed by atoms with Gasteiger partial charge in [-0.15, -0.1) is 0 Å². The summed E-state index contributed by atoms with van der Waals surface area (Å²) in [6.45, 7) is 2.23. The van der Waals surface area contributed by atoms with E-state index in [1.807, 2.05) is 19.0 Å². The fraction of sp³-hybridized carbons (Fsp3) is 0.250. The average Bonchev–Trinajstić information content (AvgIpc) is 2.64. The summed E-state index contributed by atoms with van der Waals surface area (Å²) in [6, 6.07) is 9.42. The van der Waals surface area contributed by atoms with Gasteiger partial charge in [-0.3, -0.25) is 14.9 Å². The number of nitro groups is 1. The number of methoxy groups -OCH3 is 1. The molecule has 7 heteroatoms. The van der Waals surface area contributed by atoms with Crippen molar-refractivity contribution in [1.29, 1.82) is 0 Å². The first-order valence-electron chi connectivity index (χ1n) is 8.36. The zero-order chi connectivity index (χ0) is 19.7. The smallest absolute Gasteiger partial charge is 0.269 e. The molecule has 0 saturated carbocycles. The highest BCUT2D eigenvalue weighted by atomic mass is 16.6. The van der Waals surface area contributed by atoms with Gasteiger partial charge in [0, 0.05) is 29.8 Å². The van der Waals surface area contributed by atoms with Crippen LogP contribution in [0.4, 0.5) is 5.69 Å². The number of hydrogen-bond donors (Lipinski definition) is 0. The minimum absolute atomic E-state index is 0.0190. The Labute approximate surface area is 155 Å². The van der Waals surface area contributed by atoms with Gasteiger partial charge in [-0.05, 0) is 45.3 Å². The predicted molar refractivity (Wildman–Crippen MR) is 103 cm³/mol. The van der Waals surface area contributed by atoms with Crippen LogP contribution in [0.2, 0.25) is 0 Å². The molecule has 0 atom stereocenters. The van der Waals surface area contributed by atoms with E-state index in [2.05, 4.69) is 0 Å². The van der Waals surface area contributed by atoms with E-state index in [0.717, 1.165) is 5.56 Å². The summed E-state index contributed by atoms with van der Waals surface area (Å²) in [4.78, 5) is 25.3. The number of non-ortho nitro benzene ring substituents is 1. The van der Waals surface area contributed by atoms with Crippen molar-refractivity contribution in [2.75, 3.05) is 21.2 Å². The highest BCUT2D eigenvalue weighted by molar-refractivity contribution is 5.85. The van der Waals surface area contributed by atoms with Crippen molar-refractivity contribution in [2.24, 2.45) is 0 Å². The van der Waals surface area contributed by atoms with Crippen molar-refractivity contribution in [3.8, 4) is 17.1 Å². The van der Waals surface area contributed by atoms with Crippen LogP contribution in [-0.4, -0.2) is 31.0 Å². The van der Waals surface area contributed by atoms with E-state index in [9.17, 15) is 14.9 Å². The SMILES string of the molecule is COc1ccc2c(=O)c(C)c(-c3ccc([N+](=O)[O-])cc3)oc2c1CN(C)C. The van der Waals surface area contributed by atoms with Gasteiger partial charge in [0.05, 0.1) is 23.0 Å². The first-order valence-corrected chi connectivity index (χ1v) is 8.36. The number of fused-ring (bicyclic) bond motifs is 1. The van der Waals surface area contributed by atoms with Crippen LogP contribution in [0.5, 0.6) is 5.75 Å². The topological polar surface area (TPSA) is 85.8 Å². The fourth-order valence-electron chi connectivity index (χ4n) is 3.06. The lowest BCUT2D eigenvalue weighted by molar-refractivity contribution is -0.384. The molecule has 0 unspecified atom stereocenters. The molecule has 3 rings (SSSR count). The average molecular weight is 368 g/mol. The van der Waals surface area contributed by atoms with Crippen LogP contribution in [0, 0.1) is 17.0 Å². The summed E-state index contributed by atoms with van der Waals surface area (Å²) in [6.07, 6.45) is 0. The van der Waals surface area contributed by atoms with Gasteiger partial charge in [-0.1, -0.05) is 0 Å². The number of benzene rings is 2. The molecule has 27 heavy (non-hydrogen) atoms. The monoisotopic (exact) mass is 368 g/mol. The molecule has 140 valence electrons. The summed E-state index contributed by atoms with van der Waals surface area (Å²) in [5.41, 5.74) is 2.15. The summed E-state index contributed by atoms with van der Waals surface area (Å²) in [5, 5.41) is 11.4. The highest BCUT2D eigenvalue weighted by Crippen LogP contribution is 2.32. The fourth-order valence-corrected chi connectivity index (χ4v) is 3.06. The first kappa shape index (κ1) is 18.6. The third-order valence-electron chi connectivity index (χ3n) is 4.38. The lowest BCUT2D eigenvalue weighted by Crippen LogP contribution is -2.14. The van der Waals surface area contributed by atoms with Gasteiger partial charge in [0.1, 0.15) is 17.1 Å². The molecule has 0 N–H and O–H groups in total. The molecule has 0 bridgehead atoms. The largest absolute Gasteiger partial charge is 0.496 e. The molecule has 0 aliphatic carbocycles. The lowest BCUT2D eigenvalue weighted by atomic mass is 10.0. The Hall–Kier alpha value is -3.19. The Balaban J connectivity index is 2.29. The molecular weight excluding hydrogens is 348 g/mol. The maximum Gasteiger partial charge on any atom is 0.269 e. The molecule has 1 heterocycles. The Morgan fingerprint density at radius 2 is 1.81 bits per heavy atom. The Morgan fingerprint density at radius 3 is 2.37 bits per heavy atom. The van der Waals surface area contributed by atoms with Crippen LogP contribution in [0.25, 0.3) is 22.3 Å². The molecule has 2 aromatic carbocycles. The standard InChI is InChI=1S/C20H20N2O5/c1-12-18(23)15-9-10-17(26-4)16(11-21(2)3)20(15)27-19(12)13-5-7-14(8-6-13)22(24)25/h5-10H,11H2,1-4H3. The zero-order valence-corrected chi connectivity index (χ0v) is 15.6. The number of hydrogen-bond acceptors (Lipinski definition) is 6. The van der Waals surface area contributed by atoms with E-state index in [4.69, 9.17) is 9.15 Å². The van der Waals surface area contributed by atoms with Gasteiger partial charge in [-0.25, -0.2) is 0 Å². The summed E-state index contributed by atoms with van der Waals surface area (Å²) < 4.78 is 11.6. The number of ether oxygens (including phenoxy) is 1. The molecule has 3 aromatic rings. The van der Waals surface area contributed by atoms with Crippen LogP contribution < -0.4 is 10.2 Å². The molecule has 7 nitrogen and oxygen atoms in total. The molecule has 0 fully saturated rings. The van der Waals surface area contributed by atoms with Crippen LogP contribution in [0.15, 0.2) is 45.6 Å². The van der Waals surface area contributed by atoms with E-state index >= 15 is 0 Å². The summed E-state index contributed by atoms with van der Waals surface area (Å²) in [7, 11) is 5.41. The summed E-state index contributed by atoms with van der Waals surface area (Å²) >= 11 is 0. The Kier molecular flexibility index (Phi) is 4.96. The molecule has 0 spiro atoms. The third-order valence-corrected chi connectivity index (χ3v) is 4.38. The van der Waals surface area contributed by atoms with Crippen molar-refractivity contribution < 1.29 is 14.1 Å². The predicted octanol–water partition coefficient (Wildman–Crippen LogP) is 3.75. The van der Waals surface area contributed by atoms with Crippen LogP contribution in [0.1, 0.15) is 11.1 Å². The Bertz CT molecular complexity index is 1070. The van der Waals surface area contributed by atoms with Gasteiger partial charge in [0.2, 0.25) is 0 Å². The number of nitrogens with zero attached hydrogens (tertiary/aromatic N) is 2. The molecular formula is C20H20N2O5. The zero-order valence-electron chi connectivity index (χ0n) is 15.6. The molecule has 0 radical (unpaired) electrons. The van der Waals surface area contributed by atoms with Gasteiger partial charge in [0.25, 0.3) is 5.69 Å². The van der Waals surface area contributed by atoms with Gasteiger partial charge >= 0.3 is 0 Å². The quantitative estimate of drug-likeness (QED) is 0.504. The number of nitro benzene ring substituents is 1. The highest BCUT2D eigenvalue weighted by Gasteiger charge is 2.19. The van der Waals surface area contributed by atoms with E-state index < -0.39 is 4.92 Å². The van der Waals surface area contributed by atoms with Gasteiger partial charge in [0.15, 0.2) is 5.43 Å². The minimum Gasteiger partial charge on any atom is -0.496 e. The molecule has 0 saturated heterocycles. The maximum atomic E-state index is 12.9. The molecule has 0 aliphatic rings. The third kappa shape index (κ3) is 3.41. The minimum atomic E-state index is -0.465. The van der Waals surface area contributed by atoms with Crippen LogP contribution in [0.3, 0.4) is 0 Å².